The zero-order valence-corrected chi connectivity index (χ0v) is 16.4. The number of benzene rings is 2. The van der Waals surface area contributed by atoms with Gasteiger partial charge in [0.05, 0.1) is 17.4 Å². The second-order valence-corrected chi connectivity index (χ2v) is 7.58. The van der Waals surface area contributed by atoms with Gasteiger partial charge in [0.25, 0.3) is 5.56 Å². The summed E-state index contributed by atoms with van der Waals surface area (Å²) in [6.45, 7) is 1.98. The molecule has 0 saturated carbocycles. The number of nitrogens with zero attached hydrogens (tertiary/aromatic N) is 4. The van der Waals surface area contributed by atoms with Crippen molar-refractivity contribution >= 4 is 10.9 Å². The predicted molar refractivity (Wildman–Crippen MR) is 111 cm³/mol. The van der Waals surface area contributed by atoms with E-state index in [1.54, 1.807) is 23.0 Å². The number of likely N-dealkylation sites (tertiary alicyclic amines) is 1. The Kier molecular flexibility index (Phi) is 4.55. The minimum absolute atomic E-state index is 0.211. The first kappa shape index (κ1) is 18.5. The second-order valence-electron chi connectivity index (χ2n) is 7.58. The topological polar surface area (TPSA) is 76.0 Å². The van der Waals surface area contributed by atoms with Gasteiger partial charge in [-0.25, -0.2) is 9.07 Å². The quantitative estimate of drug-likeness (QED) is 0.565. The lowest BCUT2D eigenvalue weighted by molar-refractivity contribution is 0.208. The van der Waals surface area contributed by atoms with Gasteiger partial charge >= 0.3 is 0 Å². The molecule has 2 aromatic carbocycles. The number of aromatic nitrogens is 4. The molecule has 30 heavy (non-hydrogen) atoms. The molecular weight excluding hydrogens is 385 g/mol. The molecule has 0 bridgehead atoms. The van der Waals surface area contributed by atoms with Crippen molar-refractivity contribution in [2.75, 3.05) is 20.1 Å². The summed E-state index contributed by atoms with van der Waals surface area (Å²) in [7, 11) is 2.09. The Labute approximate surface area is 171 Å². The summed E-state index contributed by atoms with van der Waals surface area (Å²) < 4.78 is 21.1. The SMILES string of the molecule is CN1CCC(Oc2ccc(-n3cc(-c4cc5cc(F)ccc5[nH]c4=O)nn3)cc2)C1. The number of H-pyrrole nitrogens is 1. The average molecular weight is 405 g/mol. The van der Waals surface area contributed by atoms with Crippen LogP contribution in [0.4, 0.5) is 4.39 Å². The number of hydrogen-bond donors (Lipinski definition) is 1. The number of hydrogen-bond acceptors (Lipinski definition) is 5. The largest absolute Gasteiger partial charge is 0.489 e. The maximum atomic E-state index is 13.5. The summed E-state index contributed by atoms with van der Waals surface area (Å²) >= 11 is 0. The van der Waals surface area contributed by atoms with Crippen LogP contribution in [0.15, 0.2) is 59.5 Å². The molecule has 1 aliphatic heterocycles. The van der Waals surface area contributed by atoms with Crippen LogP contribution in [0.2, 0.25) is 0 Å². The minimum Gasteiger partial charge on any atom is -0.489 e. The van der Waals surface area contributed by atoms with Crippen molar-refractivity contribution in [1.82, 2.24) is 24.9 Å². The van der Waals surface area contributed by atoms with Crippen LogP contribution >= 0.6 is 0 Å². The third-order valence-electron chi connectivity index (χ3n) is 5.33. The molecule has 0 spiro atoms. The number of pyridine rings is 1. The molecule has 1 unspecified atom stereocenters. The van der Waals surface area contributed by atoms with Gasteiger partial charge in [-0.15, -0.1) is 5.10 Å². The zero-order valence-electron chi connectivity index (χ0n) is 16.4. The van der Waals surface area contributed by atoms with E-state index >= 15 is 0 Å². The third-order valence-corrected chi connectivity index (χ3v) is 5.33. The number of fused-ring (bicyclic) bond motifs is 1. The standard InChI is InChI=1S/C22H20FN5O2/c1-27-9-8-18(12-27)30-17-5-3-16(4-6-17)28-13-21(25-26-28)19-11-14-10-15(23)2-7-20(14)24-22(19)29/h2-7,10-11,13,18H,8-9,12H2,1H3,(H,24,29). The van der Waals surface area contributed by atoms with Crippen molar-refractivity contribution in [3.8, 4) is 22.7 Å². The number of ether oxygens (including phenoxy) is 1. The van der Waals surface area contributed by atoms with Gasteiger partial charge in [-0.05, 0) is 62.0 Å². The highest BCUT2D eigenvalue weighted by Crippen LogP contribution is 2.22. The predicted octanol–water partition coefficient (Wildman–Crippen LogP) is 3.00. The number of aromatic amines is 1. The molecule has 152 valence electrons. The van der Waals surface area contributed by atoms with E-state index in [-0.39, 0.29) is 17.5 Å². The summed E-state index contributed by atoms with van der Waals surface area (Å²) in [5.41, 5.74) is 1.82. The Morgan fingerprint density at radius 1 is 1.17 bits per heavy atom. The van der Waals surface area contributed by atoms with E-state index in [0.717, 1.165) is 30.9 Å². The highest BCUT2D eigenvalue weighted by Gasteiger charge is 2.20. The summed E-state index contributed by atoms with van der Waals surface area (Å²) in [5, 5.41) is 8.86. The number of nitrogens with one attached hydrogen (secondary N) is 1. The van der Waals surface area contributed by atoms with Crippen molar-refractivity contribution in [3.63, 3.8) is 0 Å². The smallest absolute Gasteiger partial charge is 0.258 e. The Morgan fingerprint density at radius 3 is 2.77 bits per heavy atom. The molecule has 1 aliphatic rings. The molecule has 4 aromatic rings. The van der Waals surface area contributed by atoms with Crippen molar-refractivity contribution in [1.29, 1.82) is 0 Å². The van der Waals surface area contributed by atoms with Crippen LogP contribution in [0.1, 0.15) is 6.42 Å². The van der Waals surface area contributed by atoms with Crippen LogP contribution in [0.3, 0.4) is 0 Å². The molecule has 8 heteroatoms. The molecule has 0 aliphatic carbocycles. The van der Waals surface area contributed by atoms with Crippen LogP contribution in [-0.4, -0.2) is 51.1 Å². The maximum absolute atomic E-state index is 13.5. The summed E-state index contributed by atoms with van der Waals surface area (Å²) in [6.07, 6.45) is 2.91. The number of likely N-dealkylation sites (N-methyl/N-ethyl adjacent to an activating group) is 1. The molecule has 1 saturated heterocycles. The molecule has 0 amide bonds. The fourth-order valence-corrected chi connectivity index (χ4v) is 3.74. The zero-order chi connectivity index (χ0) is 20.7. The summed E-state index contributed by atoms with van der Waals surface area (Å²) in [5.74, 6) is 0.447. The Hall–Kier alpha value is -3.52. The van der Waals surface area contributed by atoms with Crippen LogP contribution in [0.5, 0.6) is 5.75 Å². The van der Waals surface area contributed by atoms with Crippen molar-refractivity contribution < 1.29 is 9.13 Å². The normalized spacial score (nSPS) is 16.9. The van der Waals surface area contributed by atoms with Gasteiger partial charge in [0.2, 0.25) is 0 Å². The van der Waals surface area contributed by atoms with E-state index in [0.29, 0.717) is 22.2 Å². The Bertz CT molecular complexity index is 1260. The average Bonchev–Trinajstić information content (AvgIpc) is 3.38. The van der Waals surface area contributed by atoms with Gasteiger partial charge < -0.3 is 14.6 Å². The fourth-order valence-electron chi connectivity index (χ4n) is 3.74. The van der Waals surface area contributed by atoms with Gasteiger partial charge in [0, 0.05) is 24.0 Å². The Morgan fingerprint density at radius 2 is 2.00 bits per heavy atom. The van der Waals surface area contributed by atoms with Gasteiger partial charge in [0.15, 0.2) is 0 Å². The van der Waals surface area contributed by atoms with E-state index in [4.69, 9.17) is 4.74 Å². The summed E-state index contributed by atoms with van der Waals surface area (Å²) in [6, 6.07) is 13.5. The Balaban J connectivity index is 1.39. The molecular formula is C22H20FN5O2. The van der Waals surface area contributed by atoms with E-state index in [9.17, 15) is 9.18 Å². The molecule has 1 atom stereocenters. The summed E-state index contributed by atoms with van der Waals surface area (Å²) in [4.78, 5) is 17.5. The number of rotatable bonds is 4. The molecule has 0 radical (unpaired) electrons. The van der Waals surface area contributed by atoms with Crippen molar-refractivity contribution in [2.24, 2.45) is 0 Å². The van der Waals surface area contributed by atoms with Gasteiger partial charge in [0.1, 0.15) is 23.4 Å². The molecule has 2 aromatic heterocycles. The van der Waals surface area contributed by atoms with Gasteiger partial charge in [-0.3, -0.25) is 4.79 Å². The minimum atomic E-state index is -0.365. The van der Waals surface area contributed by atoms with E-state index < -0.39 is 0 Å². The maximum Gasteiger partial charge on any atom is 0.258 e. The molecule has 1 N–H and O–H groups in total. The van der Waals surface area contributed by atoms with Crippen LogP contribution in [0.25, 0.3) is 27.8 Å². The number of halogens is 1. The van der Waals surface area contributed by atoms with Crippen molar-refractivity contribution in [3.05, 3.63) is 70.9 Å². The molecule has 7 nitrogen and oxygen atoms in total. The molecule has 3 heterocycles. The van der Waals surface area contributed by atoms with E-state index in [1.165, 1.54) is 12.1 Å². The molecule has 5 rings (SSSR count). The van der Waals surface area contributed by atoms with E-state index in [1.807, 2.05) is 24.3 Å². The highest BCUT2D eigenvalue weighted by molar-refractivity contribution is 5.82. The second kappa shape index (κ2) is 7.38. The van der Waals surface area contributed by atoms with Crippen LogP contribution < -0.4 is 10.3 Å². The lowest BCUT2D eigenvalue weighted by Gasteiger charge is -2.14. The van der Waals surface area contributed by atoms with Crippen LogP contribution in [0, 0.1) is 5.82 Å². The van der Waals surface area contributed by atoms with Crippen molar-refractivity contribution in [2.45, 2.75) is 12.5 Å². The first-order chi connectivity index (χ1) is 14.5. The lowest BCUT2D eigenvalue weighted by atomic mass is 10.1. The lowest BCUT2D eigenvalue weighted by Crippen LogP contribution is -2.21. The van der Waals surface area contributed by atoms with E-state index in [2.05, 4.69) is 27.2 Å². The third kappa shape index (κ3) is 3.57. The fraction of sp³-hybridized carbons (Fsp3) is 0.227. The molecule has 1 fully saturated rings. The first-order valence-electron chi connectivity index (χ1n) is 9.76. The van der Waals surface area contributed by atoms with Gasteiger partial charge in [-0.2, -0.15) is 0 Å². The van der Waals surface area contributed by atoms with Gasteiger partial charge in [-0.1, -0.05) is 5.21 Å². The highest BCUT2D eigenvalue weighted by atomic mass is 19.1. The monoisotopic (exact) mass is 405 g/mol. The first-order valence-corrected chi connectivity index (χ1v) is 9.76. The van der Waals surface area contributed by atoms with Crippen LogP contribution in [-0.2, 0) is 0 Å².